The summed E-state index contributed by atoms with van der Waals surface area (Å²) in [4.78, 5) is 37.8. The summed E-state index contributed by atoms with van der Waals surface area (Å²) in [6.07, 6.45) is 1.12. The van der Waals surface area contributed by atoms with Gasteiger partial charge in [-0.05, 0) is 41.7 Å². The molecule has 3 aromatic heterocycles. The normalized spacial score (nSPS) is 14.3. The van der Waals surface area contributed by atoms with E-state index >= 15 is 0 Å². The van der Waals surface area contributed by atoms with E-state index in [1.165, 1.54) is 11.3 Å². The second-order valence-electron chi connectivity index (χ2n) is 11.2. The smallest absolute Gasteiger partial charge is 0.267 e. The Morgan fingerprint density at radius 2 is 1.63 bits per heavy atom. The maximum Gasteiger partial charge on any atom is 0.267 e. The number of carbonyl (C=O) groups excluding carboxylic acids is 2. The van der Waals surface area contributed by atoms with Crippen LogP contribution >= 0.6 is 22.7 Å². The van der Waals surface area contributed by atoms with E-state index in [1.807, 2.05) is 72.8 Å². The van der Waals surface area contributed by atoms with Gasteiger partial charge in [0.05, 0.1) is 21.6 Å². The number of nitrogens with two attached hydrogens (primary N) is 1. The van der Waals surface area contributed by atoms with E-state index in [0.717, 1.165) is 37.6 Å². The molecule has 1 aliphatic rings. The lowest BCUT2D eigenvalue weighted by molar-refractivity contribution is 0.0911. The van der Waals surface area contributed by atoms with Crippen LogP contribution in [0.3, 0.4) is 0 Å². The van der Waals surface area contributed by atoms with Crippen LogP contribution in [0.4, 0.5) is 11.4 Å². The fraction of sp³-hybridized carbons (Fsp3) is 0.152. The monoisotopic (exact) mass is 574 g/mol. The van der Waals surface area contributed by atoms with Gasteiger partial charge in [0.25, 0.3) is 5.91 Å². The minimum absolute atomic E-state index is 0.0627. The molecule has 0 fully saturated rings. The molecule has 41 heavy (non-hydrogen) atoms. The summed E-state index contributed by atoms with van der Waals surface area (Å²) >= 11 is 2.88. The lowest BCUT2D eigenvalue weighted by Gasteiger charge is -2.30. The molecule has 3 heterocycles. The Kier molecular flexibility index (Phi) is 5.99. The van der Waals surface area contributed by atoms with Crippen LogP contribution in [0, 0.1) is 5.41 Å². The van der Waals surface area contributed by atoms with Gasteiger partial charge in [-0.2, -0.15) is 0 Å². The molecule has 0 radical (unpaired) electrons. The summed E-state index contributed by atoms with van der Waals surface area (Å²) < 4.78 is 1.11. The van der Waals surface area contributed by atoms with E-state index < -0.39 is 0 Å². The third-order valence-electron chi connectivity index (χ3n) is 7.45. The van der Waals surface area contributed by atoms with Crippen molar-refractivity contribution in [2.45, 2.75) is 26.7 Å². The Bertz CT molecular complexity index is 1970. The topological polar surface area (TPSA) is 98.0 Å². The van der Waals surface area contributed by atoms with E-state index in [-0.39, 0.29) is 17.1 Å². The van der Waals surface area contributed by atoms with Crippen molar-refractivity contribution in [3.8, 4) is 21.7 Å². The van der Waals surface area contributed by atoms with Gasteiger partial charge in [-0.25, -0.2) is 9.97 Å². The van der Waals surface area contributed by atoms with Crippen molar-refractivity contribution in [1.29, 1.82) is 0 Å². The maximum atomic E-state index is 13.6. The Labute approximate surface area is 244 Å². The van der Waals surface area contributed by atoms with Gasteiger partial charge in [0, 0.05) is 34.2 Å². The van der Waals surface area contributed by atoms with Crippen LogP contribution in [-0.4, -0.2) is 21.7 Å². The van der Waals surface area contributed by atoms with E-state index in [0.29, 0.717) is 44.9 Å². The Morgan fingerprint density at radius 3 is 2.44 bits per heavy atom. The number of amides is 1. The Morgan fingerprint density at radius 1 is 0.878 bits per heavy atom. The van der Waals surface area contributed by atoms with E-state index in [2.05, 4.69) is 25.2 Å². The number of nitrogen functional groups attached to an aromatic ring is 1. The highest BCUT2D eigenvalue weighted by molar-refractivity contribution is 7.22. The first kappa shape index (κ1) is 25.6. The average molecular weight is 575 g/mol. The zero-order valence-electron chi connectivity index (χ0n) is 22.5. The number of Topliss-reactive ketones (excluding diaryl/α,β-unsaturated/α-hetero) is 1. The van der Waals surface area contributed by atoms with Gasteiger partial charge in [-0.15, -0.1) is 22.7 Å². The third-order valence-corrected chi connectivity index (χ3v) is 9.63. The third kappa shape index (κ3) is 4.49. The summed E-state index contributed by atoms with van der Waals surface area (Å²) in [7, 11) is 0. The van der Waals surface area contributed by atoms with Crippen LogP contribution in [0.1, 0.15) is 46.0 Å². The zero-order valence-corrected chi connectivity index (χ0v) is 24.2. The van der Waals surface area contributed by atoms with Crippen molar-refractivity contribution in [2.24, 2.45) is 5.41 Å². The molecule has 0 bridgehead atoms. The molecule has 0 atom stereocenters. The highest BCUT2D eigenvalue weighted by atomic mass is 32.1. The molecule has 3 aromatic carbocycles. The number of benzene rings is 3. The van der Waals surface area contributed by atoms with Gasteiger partial charge >= 0.3 is 0 Å². The highest BCUT2D eigenvalue weighted by Crippen LogP contribution is 2.46. The molecule has 0 spiro atoms. The lowest BCUT2D eigenvalue weighted by atomic mass is 9.73. The highest BCUT2D eigenvalue weighted by Gasteiger charge is 2.36. The van der Waals surface area contributed by atoms with Gasteiger partial charge in [0.2, 0.25) is 0 Å². The molecule has 0 unspecified atom stereocenters. The fourth-order valence-electron chi connectivity index (χ4n) is 5.64. The SMILES string of the molecule is CC1(C)CC(=O)c2c(nc3sc(C(=O)Nc4cccc(-c5nc6ccccc6s5)c4)c(N)c3c2-c2ccccc2)C1. The van der Waals surface area contributed by atoms with Crippen molar-refractivity contribution in [3.05, 3.63) is 95.0 Å². The molecule has 0 saturated heterocycles. The van der Waals surface area contributed by atoms with Gasteiger partial charge in [-0.1, -0.05) is 68.4 Å². The van der Waals surface area contributed by atoms with Crippen LogP contribution < -0.4 is 11.1 Å². The van der Waals surface area contributed by atoms with Crippen LogP contribution in [0.15, 0.2) is 78.9 Å². The number of ketones is 1. The molecular weight excluding hydrogens is 549 g/mol. The second kappa shape index (κ2) is 9.61. The van der Waals surface area contributed by atoms with E-state index in [1.54, 1.807) is 11.3 Å². The molecule has 6 aromatic rings. The van der Waals surface area contributed by atoms with E-state index in [9.17, 15) is 9.59 Å². The van der Waals surface area contributed by atoms with Crippen molar-refractivity contribution in [1.82, 2.24) is 9.97 Å². The van der Waals surface area contributed by atoms with Crippen LogP contribution in [0.25, 0.3) is 42.1 Å². The molecule has 7 rings (SSSR count). The van der Waals surface area contributed by atoms with Crippen molar-refractivity contribution < 1.29 is 9.59 Å². The summed E-state index contributed by atoms with van der Waals surface area (Å²) in [5, 5.41) is 4.58. The number of fused-ring (bicyclic) bond motifs is 3. The van der Waals surface area contributed by atoms with Gasteiger partial charge in [0.1, 0.15) is 14.7 Å². The molecule has 202 valence electrons. The van der Waals surface area contributed by atoms with Crippen LogP contribution in [0.5, 0.6) is 0 Å². The van der Waals surface area contributed by atoms with Crippen molar-refractivity contribution in [3.63, 3.8) is 0 Å². The number of hydrogen-bond acceptors (Lipinski definition) is 7. The fourth-order valence-corrected chi connectivity index (χ4v) is 7.62. The number of pyridine rings is 1. The summed E-state index contributed by atoms with van der Waals surface area (Å²) in [6.45, 7) is 4.18. The van der Waals surface area contributed by atoms with Gasteiger partial charge in [-0.3, -0.25) is 9.59 Å². The largest absolute Gasteiger partial charge is 0.397 e. The van der Waals surface area contributed by atoms with Crippen molar-refractivity contribution >= 4 is 66.2 Å². The maximum absolute atomic E-state index is 13.6. The molecule has 3 N–H and O–H groups in total. The molecule has 1 aliphatic carbocycles. The number of aromatic nitrogens is 2. The van der Waals surface area contributed by atoms with Crippen LogP contribution in [0.2, 0.25) is 0 Å². The number of thiophene rings is 1. The number of rotatable bonds is 4. The summed E-state index contributed by atoms with van der Waals surface area (Å²) in [6, 6.07) is 25.5. The number of anilines is 2. The number of hydrogen-bond donors (Lipinski definition) is 2. The first-order chi connectivity index (χ1) is 19.8. The number of nitrogens with one attached hydrogen (secondary N) is 1. The lowest BCUT2D eigenvalue weighted by Crippen LogP contribution is -2.28. The first-order valence-corrected chi connectivity index (χ1v) is 15.0. The number of thiazole rings is 1. The Balaban J connectivity index is 1.30. The quantitative estimate of drug-likeness (QED) is 0.221. The van der Waals surface area contributed by atoms with Gasteiger partial charge < -0.3 is 11.1 Å². The minimum Gasteiger partial charge on any atom is -0.397 e. The van der Waals surface area contributed by atoms with Gasteiger partial charge in [0.15, 0.2) is 5.78 Å². The molecule has 6 nitrogen and oxygen atoms in total. The molecular formula is C33H26N4O2S2. The summed E-state index contributed by atoms with van der Waals surface area (Å²) in [5.41, 5.74) is 12.5. The predicted octanol–water partition coefficient (Wildman–Crippen LogP) is 8.23. The number of para-hydroxylation sites is 1. The average Bonchev–Trinajstić information content (AvgIpc) is 3.53. The predicted molar refractivity (Wildman–Crippen MR) is 169 cm³/mol. The first-order valence-electron chi connectivity index (χ1n) is 13.4. The minimum atomic E-state index is -0.310. The van der Waals surface area contributed by atoms with Crippen LogP contribution in [-0.2, 0) is 6.42 Å². The standard InChI is InChI=1S/C33H26N4O2S2/c1-33(2)16-22-26(23(38)17-33)25(18-9-4-3-5-10-18)27-28(34)29(41-32(27)37-22)30(39)35-20-12-8-11-19(15-20)31-36-21-13-6-7-14-24(21)40-31/h3-15H,16-17,34H2,1-2H3,(H,35,39). The molecule has 8 heteroatoms. The molecule has 1 amide bonds. The number of carbonyl (C=O) groups is 2. The summed E-state index contributed by atoms with van der Waals surface area (Å²) in [5.74, 6) is -0.247. The molecule has 0 aliphatic heterocycles. The second-order valence-corrected chi connectivity index (χ2v) is 13.2. The van der Waals surface area contributed by atoms with E-state index in [4.69, 9.17) is 15.7 Å². The zero-order chi connectivity index (χ0) is 28.3. The molecule has 0 saturated carbocycles. The number of nitrogens with zero attached hydrogens (tertiary/aromatic N) is 2. The Hall–Kier alpha value is -4.40. The van der Waals surface area contributed by atoms with Crippen molar-refractivity contribution in [2.75, 3.05) is 11.1 Å².